The third-order valence-electron chi connectivity index (χ3n) is 12.6. The molecule has 0 spiro atoms. The first-order valence-corrected chi connectivity index (χ1v) is 19.5. The molecule has 0 amide bonds. The number of fused-ring (bicyclic) bond motifs is 8. The predicted molar refractivity (Wildman–Crippen MR) is 227 cm³/mol. The van der Waals surface area contributed by atoms with Crippen LogP contribution in [0, 0.1) is 0 Å². The van der Waals surface area contributed by atoms with Crippen molar-refractivity contribution in [2.24, 2.45) is 0 Å². The van der Waals surface area contributed by atoms with Crippen LogP contribution in [0.1, 0.15) is 64.6 Å². The molecule has 11 rings (SSSR count). The molecule has 3 unspecified atom stereocenters. The minimum Gasteiger partial charge on any atom is -0.484 e. The largest absolute Gasteiger partial charge is 0.484 e. The molecule has 0 saturated heterocycles. The zero-order valence-electron chi connectivity index (χ0n) is 31.0. The van der Waals surface area contributed by atoms with Crippen LogP contribution >= 0.6 is 0 Å². The lowest BCUT2D eigenvalue weighted by Crippen LogP contribution is -2.39. The molecule has 3 atom stereocenters. The number of benzene rings is 8. The van der Waals surface area contributed by atoms with Crippen LogP contribution in [-0.4, -0.2) is 6.10 Å². The van der Waals surface area contributed by atoms with E-state index in [9.17, 15) is 0 Å². The van der Waals surface area contributed by atoms with Crippen LogP contribution in [0.25, 0.3) is 44.7 Å². The Morgan fingerprint density at radius 3 is 2.02 bits per heavy atom. The molecule has 8 aromatic rings. The molecule has 0 aromatic heterocycles. The topological polar surface area (TPSA) is 9.23 Å². The van der Waals surface area contributed by atoms with E-state index in [4.69, 9.17) is 4.74 Å². The van der Waals surface area contributed by atoms with E-state index < -0.39 is 0 Å². The van der Waals surface area contributed by atoms with Gasteiger partial charge in [0.15, 0.2) is 0 Å². The first-order chi connectivity index (χ1) is 27.0. The second-order valence-electron chi connectivity index (χ2n) is 16.0. The van der Waals surface area contributed by atoms with Gasteiger partial charge < -0.3 is 4.74 Å². The van der Waals surface area contributed by atoms with E-state index >= 15 is 0 Å². The van der Waals surface area contributed by atoms with Crippen molar-refractivity contribution in [2.75, 3.05) is 0 Å². The minimum atomic E-state index is -0.116. The van der Waals surface area contributed by atoms with Gasteiger partial charge >= 0.3 is 0 Å². The van der Waals surface area contributed by atoms with Gasteiger partial charge in [0.1, 0.15) is 11.9 Å². The molecule has 0 saturated carbocycles. The molecule has 262 valence electrons. The maximum Gasteiger partial charge on any atom is 0.135 e. The van der Waals surface area contributed by atoms with E-state index in [-0.39, 0.29) is 23.4 Å². The van der Waals surface area contributed by atoms with Crippen molar-refractivity contribution >= 4 is 22.4 Å². The molecular formula is C54H40O. The number of hydrogen-bond donors (Lipinski definition) is 0. The van der Waals surface area contributed by atoms with Crippen LogP contribution in [0.4, 0.5) is 0 Å². The summed E-state index contributed by atoms with van der Waals surface area (Å²) >= 11 is 0. The molecule has 0 bridgehead atoms. The van der Waals surface area contributed by atoms with E-state index in [2.05, 4.69) is 202 Å². The molecular weight excluding hydrogens is 665 g/mol. The summed E-state index contributed by atoms with van der Waals surface area (Å²) in [4.78, 5) is 0. The van der Waals surface area contributed by atoms with Crippen LogP contribution in [0.5, 0.6) is 5.75 Å². The summed E-state index contributed by atoms with van der Waals surface area (Å²) in [6.07, 6.45) is 2.32. The molecule has 0 N–H and O–H groups in total. The standard InChI is InChI=1S/C54H40O/c1-54(2)48-19-11-10-18-44(48)45-28-26-41(32-49(45)54)52-43-17-9-8-16-39(43)31-47-46-29-27-42(33-50(46)55-53(47)52)51(40-25-22-35-14-6-7-15-38(35)30-40)37-23-20-36(21-24-37)34-12-4-3-5-13-34/h3-33,47,51,53H,1-2H3. The van der Waals surface area contributed by atoms with E-state index in [0.29, 0.717) is 0 Å². The molecule has 0 fully saturated rings. The van der Waals surface area contributed by atoms with Crippen LogP contribution in [-0.2, 0) is 5.41 Å². The van der Waals surface area contributed by atoms with E-state index in [1.807, 2.05) is 0 Å². The zero-order chi connectivity index (χ0) is 36.7. The monoisotopic (exact) mass is 704 g/mol. The van der Waals surface area contributed by atoms with Crippen molar-refractivity contribution in [2.45, 2.75) is 37.2 Å². The molecule has 0 radical (unpaired) electrons. The highest BCUT2D eigenvalue weighted by molar-refractivity contribution is 5.85. The van der Waals surface area contributed by atoms with E-state index in [0.717, 1.165) is 5.75 Å². The molecule has 2 aliphatic carbocycles. The average molecular weight is 705 g/mol. The minimum absolute atomic E-state index is 0.0381. The van der Waals surface area contributed by atoms with Gasteiger partial charge in [-0.3, -0.25) is 0 Å². The van der Waals surface area contributed by atoms with Crippen LogP contribution < -0.4 is 15.2 Å². The molecule has 1 heteroatoms. The molecule has 1 aliphatic heterocycles. The van der Waals surface area contributed by atoms with Gasteiger partial charge in [-0.2, -0.15) is 0 Å². The summed E-state index contributed by atoms with van der Waals surface area (Å²) in [5.41, 5.74) is 15.4. The Morgan fingerprint density at radius 1 is 0.491 bits per heavy atom. The number of hydrogen-bond acceptors (Lipinski definition) is 1. The maximum atomic E-state index is 7.21. The van der Waals surface area contributed by atoms with E-state index in [1.165, 1.54) is 88.0 Å². The molecule has 1 heterocycles. The van der Waals surface area contributed by atoms with Gasteiger partial charge in [-0.05, 0) is 89.0 Å². The van der Waals surface area contributed by atoms with Crippen LogP contribution in [0.3, 0.4) is 0 Å². The summed E-state index contributed by atoms with van der Waals surface area (Å²) < 4.78 is 7.21. The third kappa shape index (κ3) is 5.07. The van der Waals surface area contributed by atoms with Gasteiger partial charge in [0.25, 0.3) is 0 Å². The Bertz CT molecular complexity index is 2930. The van der Waals surface area contributed by atoms with E-state index in [1.54, 1.807) is 0 Å². The predicted octanol–water partition coefficient (Wildman–Crippen LogP) is 11.5. The summed E-state index contributed by atoms with van der Waals surface area (Å²) in [5, 5.41) is 5.04. The number of ether oxygens (including phenoxy) is 1. The quantitative estimate of drug-likeness (QED) is 0.162. The van der Waals surface area contributed by atoms with Gasteiger partial charge in [0.05, 0.1) is 0 Å². The average Bonchev–Trinajstić information content (AvgIpc) is 3.71. The Labute approximate surface area is 322 Å². The second kappa shape index (κ2) is 12.3. The second-order valence-corrected chi connectivity index (χ2v) is 16.0. The Hall–Kier alpha value is -6.44. The highest BCUT2D eigenvalue weighted by Crippen LogP contribution is 2.51. The fourth-order valence-electron chi connectivity index (χ4n) is 9.79. The van der Waals surface area contributed by atoms with Crippen molar-refractivity contribution in [1.29, 1.82) is 0 Å². The van der Waals surface area contributed by atoms with Crippen molar-refractivity contribution in [3.8, 4) is 28.0 Å². The lowest BCUT2D eigenvalue weighted by molar-refractivity contribution is 0.281. The highest BCUT2D eigenvalue weighted by atomic mass is 16.5. The summed E-state index contributed by atoms with van der Waals surface area (Å²) in [7, 11) is 0. The normalized spacial score (nSPS) is 17.6. The first-order valence-electron chi connectivity index (χ1n) is 19.5. The maximum absolute atomic E-state index is 7.21. The van der Waals surface area contributed by atoms with Gasteiger partial charge in [0.2, 0.25) is 0 Å². The number of rotatable bonds is 5. The van der Waals surface area contributed by atoms with Crippen LogP contribution in [0.15, 0.2) is 182 Å². The Balaban J connectivity index is 1.02. The SMILES string of the molecule is CC1(C)c2ccccc2-c2ccc(C3=c4ccccc4=CC4c5ccc(C(c6ccc(-c7ccccc7)cc6)c6ccc7ccccc7c6)cc5OC34)cc21. The van der Waals surface area contributed by atoms with Gasteiger partial charge in [-0.25, -0.2) is 0 Å². The summed E-state index contributed by atoms with van der Waals surface area (Å²) in [6, 6.07) is 67.3. The highest BCUT2D eigenvalue weighted by Gasteiger charge is 2.40. The fourth-order valence-corrected chi connectivity index (χ4v) is 9.79. The zero-order valence-corrected chi connectivity index (χ0v) is 31.0. The summed E-state index contributed by atoms with van der Waals surface area (Å²) in [6.45, 7) is 4.73. The van der Waals surface area contributed by atoms with Crippen LogP contribution in [0.2, 0.25) is 0 Å². The summed E-state index contributed by atoms with van der Waals surface area (Å²) in [5.74, 6) is 1.14. The van der Waals surface area contributed by atoms with Gasteiger partial charge in [0, 0.05) is 28.4 Å². The van der Waals surface area contributed by atoms with Gasteiger partial charge in [-0.1, -0.05) is 190 Å². The Kier molecular flexibility index (Phi) is 7.16. The lowest BCUT2D eigenvalue weighted by Gasteiger charge is -2.26. The van der Waals surface area contributed by atoms with Crippen molar-refractivity contribution in [3.05, 3.63) is 231 Å². The molecule has 1 nitrogen and oxygen atoms in total. The molecule has 3 aliphatic rings. The van der Waals surface area contributed by atoms with Crippen molar-refractivity contribution in [1.82, 2.24) is 0 Å². The fraction of sp³-hybridized carbons (Fsp3) is 0.111. The molecule has 55 heavy (non-hydrogen) atoms. The smallest absolute Gasteiger partial charge is 0.135 e. The van der Waals surface area contributed by atoms with Crippen molar-refractivity contribution < 1.29 is 4.74 Å². The molecule has 8 aromatic carbocycles. The van der Waals surface area contributed by atoms with Crippen molar-refractivity contribution in [3.63, 3.8) is 0 Å². The van der Waals surface area contributed by atoms with Gasteiger partial charge in [-0.15, -0.1) is 0 Å². The lowest BCUT2D eigenvalue weighted by atomic mass is 9.78. The Morgan fingerprint density at radius 2 is 1.15 bits per heavy atom. The third-order valence-corrected chi connectivity index (χ3v) is 12.6. The first kappa shape index (κ1) is 32.0.